The van der Waals surface area contributed by atoms with Crippen LogP contribution in [0.25, 0.3) is 0 Å². The Morgan fingerprint density at radius 2 is 1.62 bits per heavy atom. The Morgan fingerprint density at radius 1 is 1.04 bits per heavy atom. The molecule has 0 aliphatic heterocycles. The quantitative estimate of drug-likeness (QED) is 0.535. The number of para-hydroxylation sites is 1. The van der Waals surface area contributed by atoms with E-state index < -0.39 is 40.1 Å². The highest BCUT2D eigenvalue weighted by atomic mass is 32.2. The topological polar surface area (TPSA) is 157 Å². The fourth-order valence-electron chi connectivity index (χ4n) is 1.72. The van der Waals surface area contributed by atoms with E-state index in [4.69, 9.17) is 9.88 Å². The van der Waals surface area contributed by atoms with Crippen molar-refractivity contribution in [3.05, 3.63) is 24.3 Å². The van der Waals surface area contributed by atoms with Gasteiger partial charge < -0.3 is 20.7 Å². The number of hydrogen-bond acceptors (Lipinski definition) is 6. The number of rotatable bonds is 6. The molecule has 0 heterocycles. The van der Waals surface area contributed by atoms with Gasteiger partial charge in [0.05, 0.1) is 12.2 Å². The Labute approximate surface area is 151 Å². The van der Waals surface area contributed by atoms with Crippen LogP contribution in [0.1, 0.15) is 20.8 Å². The van der Waals surface area contributed by atoms with Crippen molar-refractivity contribution in [3.8, 4) is 0 Å². The van der Waals surface area contributed by atoms with Gasteiger partial charge >= 0.3 is 6.09 Å². The summed E-state index contributed by atoms with van der Waals surface area (Å²) in [6, 6.07) is 5.59. The van der Waals surface area contributed by atoms with Crippen LogP contribution in [0.5, 0.6) is 0 Å². The smallest absolute Gasteiger partial charge is 0.408 e. The summed E-state index contributed by atoms with van der Waals surface area (Å²) in [6.45, 7) is 4.23. The van der Waals surface area contributed by atoms with Crippen LogP contribution in [-0.4, -0.2) is 45.0 Å². The maximum Gasteiger partial charge on any atom is 0.408 e. The second kappa shape index (κ2) is 8.63. The minimum absolute atomic E-state index is 0.00105. The first-order chi connectivity index (χ1) is 11.9. The zero-order valence-corrected chi connectivity index (χ0v) is 15.5. The third kappa shape index (κ3) is 7.94. The molecule has 11 heteroatoms. The molecule has 0 saturated heterocycles. The first-order valence-electron chi connectivity index (χ1n) is 7.54. The van der Waals surface area contributed by atoms with Gasteiger partial charge in [-0.3, -0.25) is 9.59 Å². The molecule has 1 aromatic carbocycles. The molecule has 0 saturated carbocycles. The molecule has 0 aliphatic rings. The number of nitrogens with one attached hydrogen (secondary N) is 3. The Kier molecular flexibility index (Phi) is 7.10. The van der Waals surface area contributed by atoms with Crippen LogP contribution in [0.3, 0.4) is 0 Å². The van der Waals surface area contributed by atoms with Crippen LogP contribution in [0, 0.1) is 0 Å². The predicted octanol–water partition coefficient (Wildman–Crippen LogP) is -0.0866. The van der Waals surface area contributed by atoms with Gasteiger partial charge in [-0.2, -0.15) is 0 Å². The lowest BCUT2D eigenvalue weighted by atomic mass is 10.2. The number of benzene rings is 1. The fraction of sp³-hybridized carbons (Fsp3) is 0.400. The molecule has 1 rings (SSSR count). The number of carbonyl (C=O) groups is 3. The minimum Gasteiger partial charge on any atom is -0.444 e. The minimum atomic E-state index is -4.01. The number of anilines is 1. The maximum absolute atomic E-state index is 11.8. The number of sulfonamides is 1. The Bertz CT molecular complexity index is 786. The van der Waals surface area contributed by atoms with Gasteiger partial charge in [0.2, 0.25) is 21.8 Å². The van der Waals surface area contributed by atoms with Crippen LogP contribution in [0.4, 0.5) is 10.5 Å². The Balaban J connectivity index is 2.48. The number of primary sulfonamides is 1. The average Bonchev–Trinajstić information content (AvgIpc) is 2.49. The van der Waals surface area contributed by atoms with E-state index in [1.807, 2.05) is 0 Å². The SMILES string of the molecule is CC(C)(C)OC(=O)NCC(=O)NCC(=O)Nc1ccccc1S(N)(=O)=O. The third-order valence-electron chi connectivity index (χ3n) is 2.71. The number of ether oxygens (including phenoxy) is 1. The van der Waals surface area contributed by atoms with Crippen molar-refractivity contribution in [2.24, 2.45) is 5.14 Å². The molecule has 0 fully saturated rings. The Hall–Kier alpha value is -2.66. The number of hydrogen-bond donors (Lipinski definition) is 4. The summed E-state index contributed by atoms with van der Waals surface area (Å²) in [6.07, 6.45) is -0.765. The highest BCUT2D eigenvalue weighted by molar-refractivity contribution is 7.89. The first kappa shape index (κ1) is 21.4. The molecule has 144 valence electrons. The maximum atomic E-state index is 11.8. The molecule has 0 spiro atoms. The van der Waals surface area contributed by atoms with Gasteiger partial charge in [0.1, 0.15) is 17.0 Å². The standard InChI is InChI=1S/C15H22N4O6S/c1-15(2,3)25-14(22)18-8-12(20)17-9-13(21)19-10-6-4-5-7-11(10)26(16,23)24/h4-7H,8-9H2,1-3H3,(H,17,20)(H,18,22)(H,19,21)(H2,16,23,24). The van der Waals surface area contributed by atoms with Crippen LogP contribution < -0.4 is 21.1 Å². The van der Waals surface area contributed by atoms with Crippen molar-refractivity contribution < 1.29 is 27.5 Å². The lowest BCUT2D eigenvalue weighted by molar-refractivity contribution is -0.123. The van der Waals surface area contributed by atoms with E-state index in [1.165, 1.54) is 24.3 Å². The van der Waals surface area contributed by atoms with E-state index in [-0.39, 0.29) is 17.1 Å². The van der Waals surface area contributed by atoms with Gasteiger partial charge in [-0.25, -0.2) is 18.4 Å². The van der Waals surface area contributed by atoms with Gasteiger partial charge in [0, 0.05) is 0 Å². The molecule has 0 aromatic heterocycles. The predicted molar refractivity (Wildman–Crippen MR) is 93.7 cm³/mol. The summed E-state index contributed by atoms with van der Waals surface area (Å²) in [4.78, 5) is 34.6. The number of nitrogens with two attached hydrogens (primary N) is 1. The normalized spacial score (nSPS) is 11.4. The molecule has 0 atom stereocenters. The second-order valence-electron chi connectivity index (χ2n) is 6.22. The lowest BCUT2D eigenvalue weighted by Crippen LogP contribution is -2.42. The van der Waals surface area contributed by atoms with E-state index in [0.29, 0.717) is 0 Å². The number of amides is 3. The van der Waals surface area contributed by atoms with Crippen LogP contribution in [0.15, 0.2) is 29.2 Å². The van der Waals surface area contributed by atoms with Crippen LogP contribution in [-0.2, 0) is 24.3 Å². The summed E-state index contributed by atoms with van der Waals surface area (Å²) >= 11 is 0. The molecule has 26 heavy (non-hydrogen) atoms. The van der Waals surface area contributed by atoms with Crippen LogP contribution >= 0.6 is 0 Å². The summed E-state index contributed by atoms with van der Waals surface area (Å²) in [5, 5.41) is 11.9. The zero-order valence-electron chi connectivity index (χ0n) is 14.7. The van der Waals surface area contributed by atoms with Crippen LogP contribution in [0.2, 0.25) is 0 Å². The van der Waals surface area contributed by atoms with Crippen molar-refractivity contribution in [1.82, 2.24) is 10.6 Å². The average molecular weight is 386 g/mol. The van der Waals surface area contributed by atoms with E-state index in [9.17, 15) is 22.8 Å². The Morgan fingerprint density at radius 3 is 2.19 bits per heavy atom. The molecule has 0 bridgehead atoms. The molecule has 1 aromatic rings. The number of alkyl carbamates (subject to hydrolysis) is 1. The van der Waals surface area contributed by atoms with Gasteiger partial charge in [-0.15, -0.1) is 0 Å². The monoisotopic (exact) mass is 386 g/mol. The zero-order chi connectivity index (χ0) is 20.0. The molecular weight excluding hydrogens is 364 g/mol. The first-order valence-corrected chi connectivity index (χ1v) is 9.08. The van der Waals surface area contributed by atoms with Crippen molar-refractivity contribution in [1.29, 1.82) is 0 Å². The van der Waals surface area contributed by atoms with Crippen molar-refractivity contribution in [2.75, 3.05) is 18.4 Å². The molecular formula is C15H22N4O6S. The van der Waals surface area contributed by atoms with Crippen molar-refractivity contribution >= 4 is 33.6 Å². The van der Waals surface area contributed by atoms with Crippen molar-refractivity contribution in [3.63, 3.8) is 0 Å². The molecule has 0 radical (unpaired) electrons. The van der Waals surface area contributed by atoms with Crippen molar-refractivity contribution in [2.45, 2.75) is 31.3 Å². The van der Waals surface area contributed by atoms with Gasteiger partial charge in [0.25, 0.3) is 0 Å². The molecule has 3 amide bonds. The van der Waals surface area contributed by atoms with Gasteiger partial charge in [-0.1, -0.05) is 12.1 Å². The van der Waals surface area contributed by atoms with Gasteiger partial charge in [0.15, 0.2) is 0 Å². The summed E-state index contributed by atoms with van der Waals surface area (Å²) in [5.41, 5.74) is -0.696. The molecule has 10 nitrogen and oxygen atoms in total. The summed E-state index contributed by atoms with van der Waals surface area (Å²) in [5.74, 6) is -1.28. The highest BCUT2D eigenvalue weighted by Gasteiger charge is 2.17. The summed E-state index contributed by atoms with van der Waals surface area (Å²) < 4.78 is 27.9. The molecule has 0 aliphatic carbocycles. The van der Waals surface area contributed by atoms with E-state index in [1.54, 1.807) is 20.8 Å². The molecule has 5 N–H and O–H groups in total. The van der Waals surface area contributed by atoms with E-state index >= 15 is 0 Å². The highest BCUT2D eigenvalue weighted by Crippen LogP contribution is 2.18. The lowest BCUT2D eigenvalue weighted by Gasteiger charge is -2.19. The summed E-state index contributed by atoms with van der Waals surface area (Å²) in [7, 11) is -4.01. The fourth-order valence-corrected chi connectivity index (χ4v) is 2.41. The van der Waals surface area contributed by atoms with E-state index in [2.05, 4.69) is 16.0 Å². The number of carbonyl (C=O) groups excluding carboxylic acids is 3. The second-order valence-corrected chi connectivity index (χ2v) is 7.75. The third-order valence-corrected chi connectivity index (χ3v) is 3.68. The molecule has 0 unspecified atom stereocenters. The van der Waals surface area contributed by atoms with Gasteiger partial charge in [-0.05, 0) is 32.9 Å². The van der Waals surface area contributed by atoms with E-state index in [0.717, 1.165) is 0 Å². The largest absolute Gasteiger partial charge is 0.444 e.